The molecule has 0 radical (unpaired) electrons. The third-order valence-electron chi connectivity index (χ3n) is 6.69. The van der Waals surface area contributed by atoms with E-state index in [1.54, 1.807) is 6.07 Å². The number of fused-ring (bicyclic) bond motifs is 1. The first kappa shape index (κ1) is 24.1. The van der Waals surface area contributed by atoms with Gasteiger partial charge in [-0.3, -0.25) is 9.69 Å². The summed E-state index contributed by atoms with van der Waals surface area (Å²) in [6.07, 6.45) is -2.03. The number of hydrogen-bond donors (Lipinski definition) is 0. The number of amides is 1. The lowest BCUT2D eigenvalue weighted by atomic mass is 10.0. The van der Waals surface area contributed by atoms with Crippen LogP contribution in [0.2, 0.25) is 0 Å². The molecule has 5 rings (SSSR count). The van der Waals surface area contributed by atoms with Crippen LogP contribution in [0.1, 0.15) is 24.6 Å². The molecule has 36 heavy (non-hydrogen) atoms. The van der Waals surface area contributed by atoms with Crippen molar-refractivity contribution in [3.8, 4) is 22.4 Å². The highest BCUT2D eigenvalue weighted by Gasteiger charge is 2.30. The van der Waals surface area contributed by atoms with Gasteiger partial charge in [-0.15, -0.1) is 0 Å². The van der Waals surface area contributed by atoms with Crippen molar-refractivity contribution in [3.63, 3.8) is 0 Å². The van der Waals surface area contributed by atoms with Gasteiger partial charge in [0.2, 0.25) is 5.91 Å². The number of carbonyl (C=O) groups excluding carboxylic acids is 1. The summed E-state index contributed by atoms with van der Waals surface area (Å²) in [6.45, 7) is 5.35. The van der Waals surface area contributed by atoms with E-state index in [-0.39, 0.29) is 5.91 Å². The van der Waals surface area contributed by atoms with Crippen molar-refractivity contribution >= 4 is 11.6 Å². The van der Waals surface area contributed by atoms with Gasteiger partial charge in [-0.1, -0.05) is 49.4 Å². The van der Waals surface area contributed by atoms with Crippen LogP contribution in [0.4, 0.5) is 13.2 Å². The van der Waals surface area contributed by atoms with Crippen molar-refractivity contribution in [1.82, 2.24) is 19.2 Å². The summed E-state index contributed by atoms with van der Waals surface area (Å²) in [6, 6.07) is 19.0. The third-order valence-corrected chi connectivity index (χ3v) is 6.69. The number of pyridine rings is 1. The summed E-state index contributed by atoms with van der Waals surface area (Å²) in [5, 5.41) is 0. The maximum Gasteiger partial charge on any atom is 0.416 e. The van der Waals surface area contributed by atoms with Crippen LogP contribution in [-0.2, 0) is 17.5 Å². The van der Waals surface area contributed by atoms with Crippen LogP contribution >= 0.6 is 0 Å². The zero-order valence-corrected chi connectivity index (χ0v) is 20.0. The standard InChI is InChI=1S/C28H27F3N4O/c1-2-26(36)34-15-13-33(14-16-34)19-24-27(20-7-4-3-5-8-20)32-25-12-11-22(18-35(24)25)21-9-6-10-23(17-21)28(29,30)31/h3-12,17-18H,2,13-16,19H2,1H3. The Kier molecular flexibility index (Phi) is 6.53. The van der Waals surface area contributed by atoms with Crippen molar-refractivity contribution in [1.29, 1.82) is 0 Å². The number of benzene rings is 2. The van der Waals surface area contributed by atoms with E-state index in [0.717, 1.165) is 41.8 Å². The molecule has 0 N–H and O–H groups in total. The van der Waals surface area contributed by atoms with Crippen molar-refractivity contribution in [3.05, 3.63) is 84.2 Å². The maximum atomic E-state index is 13.3. The van der Waals surface area contributed by atoms with Gasteiger partial charge in [-0.2, -0.15) is 13.2 Å². The Labute approximate surface area is 207 Å². The summed E-state index contributed by atoms with van der Waals surface area (Å²) in [5.74, 6) is 0.167. The zero-order chi connectivity index (χ0) is 25.3. The second kappa shape index (κ2) is 9.78. The van der Waals surface area contributed by atoms with Crippen LogP contribution in [0, 0.1) is 0 Å². The Bertz CT molecular complexity index is 1370. The second-order valence-electron chi connectivity index (χ2n) is 9.01. The quantitative estimate of drug-likeness (QED) is 0.357. The fraction of sp³-hybridized carbons (Fsp3) is 0.286. The Morgan fingerprint density at radius 2 is 1.61 bits per heavy atom. The minimum Gasteiger partial charge on any atom is -0.340 e. The largest absolute Gasteiger partial charge is 0.416 e. The molecule has 2 aromatic heterocycles. The smallest absolute Gasteiger partial charge is 0.340 e. The number of carbonyl (C=O) groups is 1. The Morgan fingerprint density at radius 1 is 0.889 bits per heavy atom. The van der Waals surface area contributed by atoms with Gasteiger partial charge in [0.05, 0.1) is 17.0 Å². The first-order valence-corrected chi connectivity index (χ1v) is 12.1. The summed E-state index contributed by atoms with van der Waals surface area (Å²) >= 11 is 0. The molecule has 3 heterocycles. The topological polar surface area (TPSA) is 40.9 Å². The van der Waals surface area contributed by atoms with Crippen LogP contribution in [0.3, 0.4) is 0 Å². The van der Waals surface area contributed by atoms with E-state index in [2.05, 4.69) is 4.90 Å². The monoisotopic (exact) mass is 492 g/mol. The SMILES string of the molecule is CCC(=O)N1CCN(Cc2c(-c3ccccc3)nc3ccc(-c4cccc(C(F)(F)F)c4)cn23)CC1. The summed E-state index contributed by atoms with van der Waals surface area (Å²) in [4.78, 5) is 21.2. The van der Waals surface area contributed by atoms with Gasteiger partial charge in [-0.25, -0.2) is 4.98 Å². The van der Waals surface area contributed by atoms with Crippen LogP contribution < -0.4 is 0 Å². The number of hydrogen-bond acceptors (Lipinski definition) is 3. The number of piperazine rings is 1. The lowest BCUT2D eigenvalue weighted by Crippen LogP contribution is -2.48. The van der Waals surface area contributed by atoms with E-state index in [4.69, 9.17) is 4.98 Å². The Balaban J connectivity index is 1.53. The second-order valence-corrected chi connectivity index (χ2v) is 9.01. The number of aromatic nitrogens is 2. The van der Waals surface area contributed by atoms with Gasteiger partial charge in [0.1, 0.15) is 5.65 Å². The zero-order valence-electron chi connectivity index (χ0n) is 20.0. The van der Waals surface area contributed by atoms with E-state index >= 15 is 0 Å². The Hall–Kier alpha value is -3.65. The lowest BCUT2D eigenvalue weighted by molar-refractivity contribution is -0.137. The molecule has 0 saturated carbocycles. The summed E-state index contributed by atoms with van der Waals surface area (Å²) in [5.41, 5.74) is 4.06. The Morgan fingerprint density at radius 3 is 2.31 bits per heavy atom. The van der Waals surface area contributed by atoms with Gasteiger partial charge in [0, 0.05) is 50.9 Å². The van der Waals surface area contributed by atoms with Crippen LogP contribution in [-0.4, -0.2) is 51.3 Å². The van der Waals surface area contributed by atoms with Gasteiger partial charge in [-0.05, 0) is 35.4 Å². The summed E-state index contributed by atoms with van der Waals surface area (Å²) in [7, 11) is 0. The molecule has 2 aromatic carbocycles. The molecule has 186 valence electrons. The average molecular weight is 493 g/mol. The normalized spacial score (nSPS) is 14.9. The predicted octanol–water partition coefficient (Wildman–Crippen LogP) is 5.74. The van der Waals surface area contributed by atoms with Crippen LogP contribution in [0.25, 0.3) is 28.0 Å². The highest BCUT2D eigenvalue weighted by atomic mass is 19.4. The third kappa shape index (κ3) is 4.86. The number of nitrogens with zero attached hydrogens (tertiary/aromatic N) is 4. The van der Waals surface area contributed by atoms with E-state index in [0.29, 0.717) is 37.2 Å². The number of halogens is 3. The van der Waals surface area contributed by atoms with Crippen LogP contribution in [0.5, 0.6) is 0 Å². The first-order chi connectivity index (χ1) is 17.3. The molecule has 5 nitrogen and oxygen atoms in total. The molecule has 0 bridgehead atoms. The van der Waals surface area contributed by atoms with Gasteiger partial charge < -0.3 is 9.30 Å². The number of imidazole rings is 1. The molecule has 0 unspecified atom stereocenters. The minimum atomic E-state index is -4.40. The number of alkyl halides is 3. The molecule has 1 aliphatic rings. The van der Waals surface area contributed by atoms with Crippen molar-refractivity contribution in [2.24, 2.45) is 0 Å². The van der Waals surface area contributed by atoms with E-state index in [9.17, 15) is 18.0 Å². The highest BCUT2D eigenvalue weighted by Crippen LogP contribution is 2.33. The molecule has 4 aromatic rings. The molecular weight excluding hydrogens is 465 g/mol. The van der Waals surface area contributed by atoms with Crippen LogP contribution in [0.15, 0.2) is 72.9 Å². The van der Waals surface area contributed by atoms with Crippen molar-refractivity contribution in [2.45, 2.75) is 26.1 Å². The van der Waals surface area contributed by atoms with E-state index in [1.807, 2.05) is 64.9 Å². The maximum absolute atomic E-state index is 13.3. The molecule has 8 heteroatoms. The van der Waals surface area contributed by atoms with E-state index in [1.165, 1.54) is 12.1 Å². The molecule has 0 atom stereocenters. The number of rotatable bonds is 5. The molecule has 1 fully saturated rings. The molecule has 1 amide bonds. The van der Waals surface area contributed by atoms with Crippen molar-refractivity contribution < 1.29 is 18.0 Å². The minimum absolute atomic E-state index is 0.167. The van der Waals surface area contributed by atoms with Gasteiger partial charge in [0.25, 0.3) is 0 Å². The summed E-state index contributed by atoms with van der Waals surface area (Å²) < 4.78 is 41.9. The van der Waals surface area contributed by atoms with E-state index < -0.39 is 11.7 Å². The predicted molar refractivity (Wildman–Crippen MR) is 133 cm³/mol. The first-order valence-electron chi connectivity index (χ1n) is 12.1. The fourth-order valence-electron chi connectivity index (χ4n) is 4.71. The fourth-order valence-corrected chi connectivity index (χ4v) is 4.71. The molecule has 0 aliphatic carbocycles. The molecule has 1 saturated heterocycles. The van der Waals surface area contributed by atoms with Gasteiger partial charge >= 0.3 is 6.18 Å². The highest BCUT2D eigenvalue weighted by molar-refractivity contribution is 5.76. The average Bonchev–Trinajstić information content (AvgIpc) is 3.26. The lowest BCUT2D eigenvalue weighted by Gasteiger charge is -2.34. The molecular formula is C28H27F3N4O. The molecule has 1 aliphatic heterocycles. The molecule has 0 spiro atoms. The van der Waals surface area contributed by atoms with Gasteiger partial charge in [0.15, 0.2) is 0 Å². The van der Waals surface area contributed by atoms with Crippen molar-refractivity contribution in [2.75, 3.05) is 26.2 Å².